The number of hydrogen-bond donors (Lipinski definition) is 1. The van der Waals surface area contributed by atoms with E-state index < -0.39 is 0 Å². The van der Waals surface area contributed by atoms with Crippen molar-refractivity contribution in [2.75, 3.05) is 31.5 Å². The van der Waals surface area contributed by atoms with Crippen LogP contribution in [-0.2, 0) is 11.3 Å². The van der Waals surface area contributed by atoms with Gasteiger partial charge in [-0.1, -0.05) is 18.7 Å². The first-order chi connectivity index (χ1) is 16.4. The highest BCUT2D eigenvalue weighted by atomic mass is 16.2. The molecule has 2 amide bonds. The molecule has 1 atom stereocenters. The predicted octanol–water partition coefficient (Wildman–Crippen LogP) is 2.45. The molecule has 3 aromatic rings. The molecule has 1 aromatic carbocycles. The van der Waals surface area contributed by atoms with Crippen LogP contribution in [0.2, 0.25) is 0 Å². The molecular formula is C25H28N6O3. The van der Waals surface area contributed by atoms with Crippen LogP contribution in [0.3, 0.4) is 0 Å². The average molecular weight is 461 g/mol. The summed E-state index contributed by atoms with van der Waals surface area (Å²) in [7, 11) is 0. The summed E-state index contributed by atoms with van der Waals surface area (Å²) in [5.74, 6) is 0.277. The summed E-state index contributed by atoms with van der Waals surface area (Å²) in [6.07, 6.45) is 3.00. The molecule has 176 valence electrons. The SMILES string of the molecule is C=CC(=O)N1CCN(C(=O)c2ccc([C@H](C)Nc3ncc4ccc(=O)n(CC)c4n3)cc2)CC1. The Bertz CT molecular complexity index is 1280. The first-order valence-electron chi connectivity index (χ1n) is 11.3. The van der Waals surface area contributed by atoms with Crippen molar-refractivity contribution in [3.8, 4) is 0 Å². The van der Waals surface area contributed by atoms with Gasteiger partial charge < -0.3 is 15.1 Å². The quantitative estimate of drug-likeness (QED) is 0.567. The van der Waals surface area contributed by atoms with Gasteiger partial charge in [0.15, 0.2) is 0 Å². The van der Waals surface area contributed by atoms with Crippen LogP contribution in [0.25, 0.3) is 11.0 Å². The van der Waals surface area contributed by atoms with Crippen LogP contribution in [0, 0.1) is 0 Å². The van der Waals surface area contributed by atoms with Gasteiger partial charge in [-0.3, -0.25) is 19.0 Å². The Balaban J connectivity index is 1.43. The second-order valence-corrected chi connectivity index (χ2v) is 8.20. The lowest BCUT2D eigenvalue weighted by atomic mass is 10.1. The normalized spacial score (nSPS) is 14.6. The largest absolute Gasteiger partial charge is 0.348 e. The zero-order valence-corrected chi connectivity index (χ0v) is 19.4. The third kappa shape index (κ3) is 4.68. The lowest BCUT2D eigenvalue weighted by Gasteiger charge is -2.34. The number of amides is 2. The summed E-state index contributed by atoms with van der Waals surface area (Å²) < 4.78 is 1.61. The third-order valence-electron chi connectivity index (χ3n) is 6.10. The molecule has 1 N–H and O–H groups in total. The van der Waals surface area contributed by atoms with Gasteiger partial charge >= 0.3 is 0 Å². The van der Waals surface area contributed by atoms with E-state index in [9.17, 15) is 14.4 Å². The first kappa shape index (κ1) is 23.2. The van der Waals surface area contributed by atoms with E-state index in [0.717, 1.165) is 10.9 Å². The fourth-order valence-electron chi connectivity index (χ4n) is 4.08. The number of aromatic nitrogens is 3. The number of nitrogens with zero attached hydrogens (tertiary/aromatic N) is 5. The highest BCUT2D eigenvalue weighted by Gasteiger charge is 2.23. The van der Waals surface area contributed by atoms with E-state index in [2.05, 4.69) is 21.9 Å². The minimum absolute atomic E-state index is 0.0479. The number of carbonyl (C=O) groups is 2. The van der Waals surface area contributed by atoms with Gasteiger partial charge in [-0.15, -0.1) is 0 Å². The molecule has 1 aliphatic heterocycles. The number of rotatable bonds is 6. The van der Waals surface area contributed by atoms with E-state index in [1.807, 2.05) is 38.1 Å². The van der Waals surface area contributed by atoms with Crippen molar-refractivity contribution in [2.24, 2.45) is 0 Å². The fourth-order valence-corrected chi connectivity index (χ4v) is 4.08. The van der Waals surface area contributed by atoms with Crippen LogP contribution in [0.15, 0.2) is 60.0 Å². The van der Waals surface area contributed by atoms with Gasteiger partial charge in [0, 0.05) is 55.9 Å². The third-order valence-corrected chi connectivity index (χ3v) is 6.10. The van der Waals surface area contributed by atoms with Gasteiger partial charge in [0.25, 0.3) is 11.5 Å². The molecule has 1 saturated heterocycles. The van der Waals surface area contributed by atoms with E-state index in [-0.39, 0.29) is 23.4 Å². The zero-order valence-electron chi connectivity index (χ0n) is 19.4. The molecule has 34 heavy (non-hydrogen) atoms. The highest BCUT2D eigenvalue weighted by molar-refractivity contribution is 5.94. The molecule has 0 aliphatic carbocycles. The van der Waals surface area contributed by atoms with Crippen molar-refractivity contribution < 1.29 is 9.59 Å². The van der Waals surface area contributed by atoms with Crippen LogP contribution in [0.1, 0.15) is 35.8 Å². The molecule has 9 nitrogen and oxygen atoms in total. The van der Waals surface area contributed by atoms with E-state index in [1.54, 1.807) is 26.6 Å². The molecule has 0 radical (unpaired) electrons. The highest BCUT2D eigenvalue weighted by Crippen LogP contribution is 2.20. The summed E-state index contributed by atoms with van der Waals surface area (Å²) in [4.78, 5) is 49.1. The Labute approximate surface area is 197 Å². The van der Waals surface area contributed by atoms with Crippen LogP contribution in [-0.4, -0.2) is 62.3 Å². The summed E-state index contributed by atoms with van der Waals surface area (Å²) >= 11 is 0. The lowest BCUT2D eigenvalue weighted by Crippen LogP contribution is -2.50. The van der Waals surface area contributed by atoms with Crippen molar-refractivity contribution in [1.82, 2.24) is 24.3 Å². The summed E-state index contributed by atoms with van der Waals surface area (Å²) in [6.45, 7) is 9.94. The van der Waals surface area contributed by atoms with E-state index in [4.69, 9.17) is 0 Å². The number of pyridine rings is 1. The second-order valence-electron chi connectivity index (χ2n) is 8.20. The van der Waals surface area contributed by atoms with E-state index in [1.165, 1.54) is 12.1 Å². The Hall–Kier alpha value is -4.01. The number of piperazine rings is 1. The van der Waals surface area contributed by atoms with Crippen LogP contribution in [0.5, 0.6) is 0 Å². The number of carbonyl (C=O) groups excluding carboxylic acids is 2. The maximum atomic E-state index is 12.9. The number of aryl methyl sites for hydroxylation is 1. The van der Waals surface area contributed by atoms with Gasteiger partial charge in [-0.2, -0.15) is 4.98 Å². The van der Waals surface area contributed by atoms with E-state index >= 15 is 0 Å². The van der Waals surface area contributed by atoms with Gasteiger partial charge in [0.05, 0.1) is 6.04 Å². The zero-order chi connectivity index (χ0) is 24.2. The maximum absolute atomic E-state index is 12.9. The van der Waals surface area contributed by atoms with Gasteiger partial charge in [0.1, 0.15) is 5.65 Å². The van der Waals surface area contributed by atoms with Crippen molar-refractivity contribution >= 4 is 28.8 Å². The number of hydrogen-bond acceptors (Lipinski definition) is 6. The van der Waals surface area contributed by atoms with Crippen molar-refractivity contribution in [1.29, 1.82) is 0 Å². The fraction of sp³-hybridized carbons (Fsp3) is 0.320. The molecule has 2 aromatic heterocycles. The molecule has 0 bridgehead atoms. The molecule has 0 unspecified atom stereocenters. The Morgan fingerprint density at radius 1 is 1.09 bits per heavy atom. The van der Waals surface area contributed by atoms with Crippen LogP contribution < -0.4 is 10.9 Å². The second kappa shape index (κ2) is 9.86. The van der Waals surface area contributed by atoms with Crippen LogP contribution in [0.4, 0.5) is 5.95 Å². The molecule has 9 heteroatoms. The summed E-state index contributed by atoms with van der Waals surface area (Å²) in [5, 5.41) is 4.08. The standard InChI is InChI=1S/C25H28N6O3/c1-4-21(32)29-12-14-30(15-13-29)24(34)19-8-6-18(7-9-19)17(3)27-25-26-16-20-10-11-22(33)31(5-2)23(20)28-25/h4,6-11,16-17H,1,5,12-15H2,2-3H3,(H,26,27,28)/t17-/m0/s1. The minimum Gasteiger partial charge on any atom is -0.348 e. The average Bonchev–Trinajstić information content (AvgIpc) is 2.88. The first-order valence-corrected chi connectivity index (χ1v) is 11.3. The van der Waals surface area contributed by atoms with Gasteiger partial charge in [-0.05, 0) is 43.7 Å². The van der Waals surface area contributed by atoms with Gasteiger partial charge in [-0.25, -0.2) is 4.98 Å². The Kier molecular flexibility index (Phi) is 6.72. The number of benzene rings is 1. The lowest BCUT2D eigenvalue weighted by molar-refractivity contribution is -0.127. The smallest absolute Gasteiger partial charge is 0.253 e. The minimum atomic E-state index is -0.111. The monoisotopic (exact) mass is 460 g/mol. The number of nitrogens with one attached hydrogen (secondary N) is 1. The molecule has 3 heterocycles. The topological polar surface area (TPSA) is 100 Å². The van der Waals surface area contributed by atoms with E-state index in [0.29, 0.717) is 49.9 Å². The predicted molar refractivity (Wildman–Crippen MR) is 131 cm³/mol. The molecule has 0 saturated carbocycles. The molecular weight excluding hydrogens is 432 g/mol. The maximum Gasteiger partial charge on any atom is 0.253 e. The van der Waals surface area contributed by atoms with Crippen LogP contribution >= 0.6 is 0 Å². The Morgan fingerprint density at radius 3 is 2.41 bits per heavy atom. The molecule has 1 aliphatic rings. The van der Waals surface area contributed by atoms with Crippen molar-refractivity contribution in [3.63, 3.8) is 0 Å². The Morgan fingerprint density at radius 2 is 1.76 bits per heavy atom. The van der Waals surface area contributed by atoms with Crippen molar-refractivity contribution in [2.45, 2.75) is 26.4 Å². The van der Waals surface area contributed by atoms with Gasteiger partial charge in [0.2, 0.25) is 11.9 Å². The van der Waals surface area contributed by atoms with Crippen molar-refractivity contribution in [3.05, 3.63) is 76.7 Å². The molecule has 0 spiro atoms. The number of fused-ring (bicyclic) bond motifs is 1. The molecule has 4 rings (SSSR count). The summed E-state index contributed by atoms with van der Waals surface area (Å²) in [5.41, 5.74) is 2.08. The summed E-state index contributed by atoms with van der Waals surface area (Å²) in [6, 6.07) is 10.6. The molecule has 1 fully saturated rings. The number of anilines is 1.